The van der Waals surface area contributed by atoms with Crippen molar-refractivity contribution in [2.24, 2.45) is 0 Å². The molecule has 0 spiro atoms. The molecule has 3 nitrogen and oxygen atoms in total. The highest BCUT2D eigenvalue weighted by molar-refractivity contribution is 5.79. The first-order valence-corrected chi connectivity index (χ1v) is 6.49. The number of aliphatic hydroxyl groups is 1. The Morgan fingerprint density at radius 1 is 1.14 bits per heavy atom. The monoisotopic (exact) mass is 291 g/mol. The predicted octanol–water partition coefficient (Wildman–Crippen LogP) is 2.36. The van der Waals surface area contributed by atoms with Crippen molar-refractivity contribution in [1.29, 1.82) is 0 Å². The Morgan fingerprint density at radius 2 is 1.86 bits per heavy atom. The Morgan fingerprint density at radius 3 is 2.48 bits per heavy atom. The van der Waals surface area contributed by atoms with E-state index in [1.54, 1.807) is 24.3 Å². The van der Waals surface area contributed by atoms with E-state index in [2.05, 4.69) is 5.32 Å². The topological polar surface area (TPSA) is 49.3 Å². The molecular formula is C16H15F2NO2. The maximum atomic E-state index is 13.5. The van der Waals surface area contributed by atoms with Gasteiger partial charge in [-0.05, 0) is 17.2 Å². The van der Waals surface area contributed by atoms with E-state index >= 15 is 0 Å². The number of aliphatic hydroxyl groups excluding tert-OH is 1. The summed E-state index contributed by atoms with van der Waals surface area (Å²) in [6, 6.07) is 11.5. The van der Waals surface area contributed by atoms with Crippen LogP contribution in [0.15, 0.2) is 48.5 Å². The molecule has 2 aromatic rings. The van der Waals surface area contributed by atoms with E-state index in [1.807, 2.05) is 6.07 Å². The third-order valence-electron chi connectivity index (χ3n) is 3.09. The zero-order chi connectivity index (χ0) is 15.2. The van der Waals surface area contributed by atoms with Crippen LogP contribution in [-0.2, 0) is 11.2 Å². The fourth-order valence-electron chi connectivity index (χ4n) is 2.00. The van der Waals surface area contributed by atoms with Gasteiger partial charge in [0.05, 0.1) is 19.1 Å². The summed E-state index contributed by atoms with van der Waals surface area (Å²) in [6.45, 7) is -0.262. The van der Waals surface area contributed by atoms with Gasteiger partial charge in [0.15, 0.2) is 0 Å². The lowest BCUT2D eigenvalue weighted by Gasteiger charge is -2.16. The number of carbonyl (C=O) groups is 1. The lowest BCUT2D eigenvalue weighted by atomic mass is 10.1. The van der Waals surface area contributed by atoms with E-state index in [9.17, 15) is 18.7 Å². The Bertz CT molecular complexity index is 617. The first-order valence-electron chi connectivity index (χ1n) is 6.49. The van der Waals surface area contributed by atoms with Crippen molar-refractivity contribution in [3.63, 3.8) is 0 Å². The van der Waals surface area contributed by atoms with E-state index in [-0.39, 0.29) is 18.6 Å². The van der Waals surface area contributed by atoms with E-state index in [4.69, 9.17) is 0 Å². The number of hydrogen-bond acceptors (Lipinski definition) is 2. The van der Waals surface area contributed by atoms with Crippen molar-refractivity contribution < 1.29 is 18.7 Å². The van der Waals surface area contributed by atoms with Crippen LogP contribution in [0.5, 0.6) is 0 Å². The van der Waals surface area contributed by atoms with Crippen molar-refractivity contribution in [1.82, 2.24) is 5.32 Å². The Labute approximate surface area is 121 Å². The summed E-state index contributed by atoms with van der Waals surface area (Å²) in [5.41, 5.74) is 0.867. The molecule has 0 unspecified atom stereocenters. The quantitative estimate of drug-likeness (QED) is 0.888. The van der Waals surface area contributed by atoms with Gasteiger partial charge in [-0.25, -0.2) is 8.78 Å². The highest BCUT2D eigenvalue weighted by Crippen LogP contribution is 2.13. The molecule has 0 saturated heterocycles. The number of rotatable bonds is 5. The normalized spacial score (nSPS) is 12.0. The SMILES string of the molecule is O=C(Cc1ccc(F)cc1F)N[C@@H](CO)c1ccccc1. The number of carbonyl (C=O) groups excluding carboxylic acids is 1. The molecule has 2 rings (SSSR count). The minimum Gasteiger partial charge on any atom is -0.394 e. The van der Waals surface area contributed by atoms with Gasteiger partial charge >= 0.3 is 0 Å². The number of benzene rings is 2. The highest BCUT2D eigenvalue weighted by atomic mass is 19.1. The average Bonchev–Trinajstić information content (AvgIpc) is 2.48. The van der Waals surface area contributed by atoms with Crippen LogP contribution in [0.3, 0.4) is 0 Å². The van der Waals surface area contributed by atoms with Crippen molar-refractivity contribution in [3.8, 4) is 0 Å². The molecule has 0 fully saturated rings. The molecule has 1 amide bonds. The first-order chi connectivity index (χ1) is 10.1. The molecule has 0 aromatic heterocycles. The van der Waals surface area contributed by atoms with Gasteiger partial charge in [0, 0.05) is 6.07 Å². The second kappa shape index (κ2) is 6.95. The molecule has 2 N–H and O–H groups in total. The maximum absolute atomic E-state index is 13.5. The zero-order valence-corrected chi connectivity index (χ0v) is 11.2. The predicted molar refractivity (Wildman–Crippen MR) is 74.5 cm³/mol. The summed E-state index contributed by atoms with van der Waals surface area (Å²) in [5, 5.41) is 12.0. The van der Waals surface area contributed by atoms with Gasteiger partial charge in [-0.3, -0.25) is 4.79 Å². The van der Waals surface area contributed by atoms with Crippen LogP contribution in [0.2, 0.25) is 0 Å². The van der Waals surface area contributed by atoms with Crippen LogP contribution in [0.25, 0.3) is 0 Å². The van der Waals surface area contributed by atoms with Gasteiger partial charge in [0.2, 0.25) is 5.91 Å². The van der Waals surface area contributed by atoms with Crippen molar-refractivity contribution in [3.05, 3.63) is 71.3 Å². The van der Waals surface area contributed by atoms with E-state index < -0.39 is 23.6 Å². The van der Waals surface area contributed by atoms with Gasteiger partial charge in [-0.1, -0.05) is 36.4 Å². The molecule has 5 heteroatoms. The number of amides is 1. The van der Waals surface area contributed by atoms with Crippen LogP contribution in [0, 0.1) is 11.6 Å². The number of hydrogen-bond donors (Lipinski definition) is 2. The second-order valence-corrected chi connectivity index (χ2v) is 4.63. The smallest absolute Gasteiger partial charge is 0.225 e. The summed E-state index contributed by atoms with van der Waals surface area (Å²) in [7, 11) is 0. The van der Waals surface area contributed by atoms with Gasteiger partial charge in [0.1, 0.15) is 11.6 Å². The van der Waals surface area contributed by atoms with Gasteiger partial charge < -0.3 is 10.4 Å². The summed E-state index contributed by atoms with van der Waals surface area (Å²) in [4.78, 5) is 11.9. The molecule has 0 aliphatic carbocycles. The highest BCUT2D eigenvalue weighted by Gasteiger charge is 2.15. The molecule has 2 aromatic carbocycles. The summed E-state index contributed by atoms with van der Waals surface area (Å²) < 4.78 is 26.3. The molecule has 110 valence electrons. The lowest BCUT2D eigenvalue weighted by molar-refractivity contribution is -0.121. The van der Waals surface area contributed by atoms with Crippen LogP contribution in [0.4, 0.5) is 8.78 Å². The lowest BCUT2D eigenvalue weighted by Crippen LogP contribution is -2.32. The van der Waals surface area contributed by atoms with Crippen LogP contribution < -0.4 is 5.32 Å². The summed E-state index contributed by atoms with van der Waals surface area (Å²) in [6.07, 6.45) is -0.213. The fourth-order valence-corrected chi connectivity index (χ4v) is 2.00. The van der Waals surface area contributed by atoms with E-state index in [0.717, 1.165) is 17.7 Å². The zero-order valence-electron chi connectivity index (χ0n) is 11.2. The van der Waals surface area contributed by atoms with Crippen molar-refractivity contribution in [2.75, 3.05) is 6.61 Å². The van der Waals surface area contributed by atoms with Crippen LogP contribution in [0.1, 0.15) is 17.2 Å². The van der Waals surface area contributed by atoms with Crippen LogP contribution in [-0.4, -0.2) is 17.6 Å². The summed E-state index contributed by atoms with van der Waals surface area (Å²) >= 11 is 0. The Hall–Kier alpha value is -2.27. The number of halogens is 2. The van der Waals surface area contributed by atoms with Crippen LogP contribution >= 0.6 is 0 Å². The Kier molecular flexibility index (Phi) is 5.00. The van der Waals surface area contributed by atoms with Crippen molar-refractivity contribution in [2.45, 2.75) is 12.5 Å². The minimum absolute atomic E-state index is 0.110. The molecule has 0 bridgehead atoms. The molecular weight excluding hydrogens is 276 g/mol. The molecule has 0 aliphatic rings. The van der Waals surface area contributed by atoms with Gasteiger partial charge in [0.25, 0.3) is 0 Å². The van der Waals surface area contributed by atoms with Gasteiger partial charge in [-0.2, -0.15) is 0 Å². The maximum Gasteiger partial charge on any atom is 0.225 e. The summed E-state index contributed by atoms with van der Waals surface area (Å²) in [5.74, 6) is -1.89. The fraction of sp³-hybridized carbons (Fsp3) is 0.188. The second-order valence-electron chi connectivity index (χ2n) is 4.63. The van der Waals surface area contributed by atoms with Crippen molar-refractivity contribution >= 4 is 5.91 Å². The van der Waals surface area contributed by atoms with E-state index in [0.29, 0.717) is 0 Å². The molecule has 0 aliphatic heterocycles. The molecule has 0 radical (unpaired) electrons. The minimum atomic E-state index is -0.759. The Balaban J connectivity index is 2.03. The third-order valence-corrected chi connectivity index (χ3v) is 3.09. The van der Waals surface area contributed by atoms with E-state index in [1.165, 1.54) is 6.07 Å². The molecule has 0 saturated carbocycles. The number of nitrogens with one attached hydrogen (secondary N) is 1. The molecule has 0 heterocycles. The molecule has 1 atom stereocenters. The molecule has 21 heavy (non-hydrogen) atoms. The largest absolute Gasteiger partial charge is 0.394 e. The first kappa shape index (κ1) is 15.1. The third kappa shape index (κ3) is 4.10. The average molecular weight is 291 g/mol. The van der Waals surface area contributed by atoms with Gasteiger partial charge in [-0.15, -0.1) is 0 Å². The standard InChI is InChI=1S/C16H15F2NO2/c17-13-7-6-12(14(18)9-13)8-16(21)19-15(10-20)11-4-2-1-3-5-11/h1-7,9,15,20H,8,10H2,(H,19,21)/t15-/m0/s1.